The van der Waals surface area contributed by atoms with Crippen LogP contribution in [0.5, 0.6) is 5.75 Å². The van der Waals surface area contributed by atoms with Crippen molar-refractivity contribution in [1.82, 2.24) is 15.1 Å². The molecule has 1 unspecified atom stereocenters. The number of imide groups is 1. The number of carbonyl (C=O) groups is 2. The molecule has 1 fully saturated rings. The summed E-state index contributed by atoms with van der Waals surface area (Å²) in [6.07, 6.45) is 1.97. The molecule has 4 N–H and O–H groups in total. The van der Waals surface area contributed by atoms with Gasteiger partial charge in [-0.15, -0.1) is 0 Å². The summed E-state index contributed by atoms with van der Waals surface area (Å²) in [6.45, 7) is 3.74. The van der Waals surface area contributed by atoms with Gasteiger partial charge in [-0.2, -0.15) is 5.10 Å². The monoisotopic (exact) mass is 539 g/mol. The van der Waals surface area contributed by atoms with Gasteiger partial charge in [0.25, 0.3) is 11.5 Å². The Labute approximate surface area is 225 Å². The molecular formula is C27H33N5O7. The molecule has 208 valence electrons. The van der Waals surface area contributed by atoms with Gasteiger partial charge in [0, 0.05) is 29.7 Å². The van der Waals surface area contributed by atoms with Crippen LogP contribution in [0.2, 0.25) is 0 Å². The van der Waals surface area contributed by atoms with Gasteiger partial charge in [0.15, 0.2) is 0 Å². The number of ether oxygens (including phenoxy) is 4. The zero-order valence-electron chi connectivity index (χ0n) is 21.6. The van der Waals surface area contributed by atoms with Crippen molar-refractivity contribution in [2.75, 3.05) is 63.8 Å². The Hall–Kier alpha value is -4.00. The van der Waals surface area contributed by atoms with Crippen molar-refractivity contribution in [1.29, 1.82) is 0 Å². The van der Waals surface area contributed by atoms with Crippen molar-refractivity contribution in [3.8, 4) is 5.75 Å². The Morgan fingerprint density at radius 2 is 1.62 bits per heavy atom. The third kappa shape index (κ3) is 8.24. The molecule has 0 saturated carbocycles. The van der Waals surface area contributed by atoms with Crippen molar-refractivity contribution < 1.29 is 28.5 Å². The molecule has 3 aromatic rings. The number of fused-ring (bicyclic) bond motifs is 1. The van der Waals surface area contributed by atoms with Crippen LogP contribution in [-0.2, 0) is 23.8 Å². The summed E-state index contributed by atoms with van der Waals surface area (Å²) in [7, 11) is 0. The smallest absolute Gasteiger partial charge is 0.275 e. The number of carbonyl (C=O) groups excluding carboxylic acids is 2. The van der Waals surface area contributed by atoms with Crippen LogP contribution in [0.25, 0.3) is 10.8 Å². The number of amides is 2. The highest BCUT2D eigenvalue weighted by molar-refractivity contribution is 5.99. The average molecular weight is 540 g/mol. The van der Waals surface area contributed by atoms with Gasteiger partial charge in [0.2, 0.25) is 5.91 Å². The second-order valence-corrected chi connectivity index (χ2v) is 8.84. The number of nitrogens with one attached hydrogen (secondary N) is 2. The number of nitrogens with zero attached hydrogens (tertiary/aromatic N) is 2. The molecule has 12 nitrogen and oxygen atoms in total. The van der Waals surface area contributed by atoms with E-state index in [0.29, 0.717) is 69.3 Å². The molecule has 12 heteroatoms. The summed E-state index contributed by atoms with van der Waals surface area (Å²) in [5.74, 6) is -0.100. The fourth-order valence-corrected chi connectivity index (χ4v) is 3.99. The minimum absolute atomic E-state index is 0.171. The second-order valence-electron chi connectivity index (χ2n) is 8.84. The van der Waals surface area contributed by atoms with Gasteiger partial charge < -0.3 is 30.0 Å². The SMILES string of the molecule is Nc1ccc(OCCOCCOCCOCCNc2ccc3cnn(C4CCC(=O)NC4=O)c(=O)c3c2)cc1. The normalized spacial score (nSPS) is 15.3. The summed E-state index contributed by atoms with van der Waals surface area (Å²) in [5, 5.41) is 10.7. The fraction of sp³-hybridized carbons (Fsp3) is 0.407. The van der Waals surface area contributed by atoms with Gasteiger partial charge >= 0.3 is 0 Å². The van der Waals surface area contributed by atoms with Gasteiger partial charge in [-0.1, -0.05) is 6.07 Å². The highest BCUT2D eigenvalue weighted by Gasteiger charge is 2.29. The minimum Gasteiger partial charge on any atom is -0.491 e. The molecule has 0 bridgehead atoms. The first-order chi connectivity index (χ1) is 19.0. The summed E-state index contributed by atoms with van der Waals surface area (Å²) < 4.78 is 23.3. The number of hydrogen-bond donors (Lipinski definition) is 3. The van der Waals surface area contributed by atoms with Gasteiger partial charge in [-0.25, -0.2) is 4.68 Å². The molecule has 4 rings (SSSR count). The maximum atomic E-state index is 13.0. The van der Waals surface area contributed by atoms with E-state index in [1.54, 1.807) is 30.5 Å². The summed E-state index contributed by atoms with van der Waals surface area (Å²) in [4.78, 5) is 36.6. The number of piperidine rings is 1. The van der Waals surface area contributed by atoms with Crippen molar-refractivity contribution >= 4 is 34.0 Å². The number of anilines is 2. The first-order valence-electron chi connectivity index (χ1n) is 12.8. The van der Waals surface area contributed by atoms with Crippen LogP contribution in [0.4, 0.5) is 11.4 Å². The lowest BCUT2D eigenvalue weighted by molar-refractivity contribution is -0.136. The van der Waals surface area contributed by atoms with Crippen molar-refractivity contribution in [2.24, 2.45) is 0 Å². The summed E-state index contributed by atoms with van der Waals surface area (Å²) in [5.41, 5.74) is 6.70. The number of rotatable bonds is 15. The molecule has 2 amide bonds. The lowest BCUT2D eigenvalue weighted by Gasteiger charge is -2.21. The zero-order chi connectivity index (χ0) is 27.5. The lowest BCUT2D eigenvalue weighted by Crippen LogP contribution is -2.45. The van der Waals surface area contributed by atoms with E-state index < -0.39 is 11.9 Å². The highest BCUT2D eigenvalue weighted by Crippen LogP contribution is 2.19. The van der Waals surface area contributed by atoms with Gasteiger partial charge in [-0.3, -0.25) is 19.7 Å². The topological polar surface area (TPSA) is 156 Å². The van der Waals surface area contributed by atoms with E-state index in [0.717, 1.165) is 16.1 Å². The number of benzene rings is 2. The van der Waals surface area contributed by atoms with E-state index in [4.69, 9.17) is 24.7 Å². The highest BCUT2D eigenvalue weighted by atomic mass is 16.6. The third-order valence-electron chi connectivity index (χ3n) is 6.01. The van der Waals surface area contributed by atoms with E-state index in [1.807, 2.05) is 18.2 Å². The molecule has 1 saturated heterocycles. The standard InChI is InChI=1S/C27H33N5O7/c28-20-2-5-22(6-3-20)39-16-15-38-14-13-37-12-11-36-10-9-29-21-4-1-19-18-30-32(27(35)23(19)17-21)24-7-8-25(33)31-26(24)34/h1-6,17-18,24,29H,7-16,28H2,(H,31,33,34). The molecule has 2 heterocycles. The van der Waals surface area contributed by atoms with Crippen molar-refractivity contribution in [3.63, 3.8) is 0 Å². The Kier molecular flexibility index (Phi) is 10.2. The molecule has 1 aliphatic rings. The van der Waals surface area contributed by atoms with Crippen molar-refractivity contribution in [2.45, 2.75) is 18.9 Å². The van der Waals surface area contributed by atoms with Crippen LogP contribution in [0.3, 0.4) is 0 Å². The molecule has 1 aromatic heterocycles. The lowest BCUT2D eigenvalue weighted by atomic mass is 10.1. The first kappa shape index (κ1) is 28.0. The predicted molar refractivity (Wildman–Crippen MR) is 145 cm³/mol. The Balaban J connectivity index is 1.08. The molecule has 1 aliphatic heterocycles. The van der Waals surface area contributed by atoms with Gasteiger partial charge in [0.1, 0.15) is 18.4 Å². The van der Waals surface area contributed by atoms with E-state index >= 15 is 0 Å². The van der Waals surface area contributed by atoms with Crippen LogP contribution in [0.15, 0.2) is 53.5 Å². The summed E-state index contributed by atoms with van der Waals surface area (Å²) in [6, 6.07) is 11.8. The summed E-state index contributed by atoms with van der Waals surface area (Å²) >= 11 is 0. The van der Waals surface area contributed by atoms with E-state index in [1.165, 1.54) is 0 Å². The number of nitrogen functional groups attached to an aromatic ring is 1. The Bertz CT molecular complexity index is 1310. The van der Waals surface area contributed by atoms with E-state index in [2.05, 4.69) is 15.7 Å². The Morgan fingerprint density at radius 3 is 2.33 bits per heavy atom. The van der Waals surface area contributed by atoms with Crippen LogP contribution in [-0.4, -0.2) is 74.4 Å². The molecule has 39 heavy (non-hydrogen) atoms. The zero-order valence-corrected chi connectivity index (χ0v) is 21.6. The first-order valence-corrected chi connectivity index (χ1v) is 12.8. The Morgan fingerprint density at radius 1 is 0.923 bits per heavy atom. The molecular weight excluding hydrogens is 506 g/mol. The number of nitrogens with two attached hydrogens (primary N) is 1. The van der Waals surface area contributed by atoms with Crippen LogP contribution in [0, 0.1) is 0 Å². The van der Waals surface area contributed by atoms with Crippen LogP contribution >= 0.6 is 0 Å². The molecule has 0 aliphatic carbocycles. The number of hydrogen-bond acceptors (Lipinski definition) is 10. The maximum absolute atomic E-state index is 13.0. The quantitative estimate of drug-likeness (QED) is 0.147. The molecule has 0 spiro atoms. The average Bonchev–Trinajstić information content (AvgIpc) is 2.93. The van der Waals surface area contributed by atoms with E-state index in [-0.39, 0.29) is 24.3 Å². The largest absolute Gasteiger partial charge is 0.491 e. The second kappa shape index (κ2) is 14.2. The van der Waals surface area contributed by atoms with E-state index in [9.17, 15) is 14.4 Å². The fourth-order valence-electron chi connectivity index (χ4n) is 3.99. The van der Waals surface area contributed by atoms with Gasteiger partial charge in [-0.05, 0) is 42.8 Å². The minimum atomic E-state index is -0.798. The third-order valence-corrected chi connectivity index (χ3v) is 6.01. The van der Waals surface area contributed by atoms with Crippen LogP contribution in [0.1, 0.15) is 18.9 Å². The molecule has 2 aromatic carbocycles. The molecule has 0 radical (unpaired) electrons. The number of aromatic nitrogens is 2. The van der Waals surface area contributed by atoms with Crippen molar-refractivity contribution in [3.05, 3.63) is 59.0 Å². The van der Waals surface area contributed by atoms with Crippen LogP contribution < -0.4 is 26.7 Å². The molecule has 1 atom stereocenters. The predicted octanol–water partition coefficient (Wildman–Crippen LogP) is 1.50. The maximum Gasteiger partial charge on any atom is 0.275 e. The van der Waals surface area contributed by atoms with Gasteiger partial charge in [0.05, 0.1) is 51.2 Å².